The van der Waals surface area contributed by atoms with E-state index in [1.54, 1.807) is 7.11 Å². The fraction of sp³-hybridized carbons (Fsp3) is 0.625. The number of nitrogens with two attached hydrogens (primary N) is 1. The molecule has 1 fully saturated rings. The number of benzene rings is 1. The van der Waals surface area contributed by atoms with E-state index in [-0.39, 0.29) is 5.54 Å². The van der Waals surface area contributed by atoms with E-state index in [2.05, 4.69) is 11.0 Å². The van der Waals surface area contributed by atoms with Crippen molar-refractivity contribution in [2.75, 3.05) is 46.6 Å². The molecule has 21 heavy (non-hydrogen) atoms. The van der Waals surface area contributed by atoms with Gasteiger partial charge in [0.25, 0.3) is 0 Å². The zero-order valence-corrected chi connectivity index (χ0v) is 12.6. The van der Waals surface area contributed by atoms with Gasteiger partial charge in [-0.15, -0.1) is 0 Å². The van der Waals surface area contributed by atoms with Crippen LogP contribution in [0.1, 0.15) is 18.4 Å². The molecule has 1 atom stereocenters. The van der Waals surface area contributed by atoms with Gasteiger partial charge in [0.1, 0.15) is 11.5 Å². The van der Waals surface area contributed by atoms with Crippen molar-refractivity contribution in [3.05, 3.63) is 23.8 Å². The lowest BCUT2D eigenvalue weighted by atomic mass is 9.83. The largest absolute Gasteiger partial charge is 0.497 e. The zero-order chi connectivity index (χ0) is 14.7. The monoisotopic (exact) mass is 292 g/mol. The van der Waals surface area contributed by atoms with Crippen LogP contribution in [-0.4, -0.2) is 51.5 Å². The van der Waals surface area contributed by atoms with Crippen LogP contribution < -0.4 is 15.2 Å². The average Bonchev–Trinajstić information content (AvgIpc) is 2.75. The highest BCUT2D eigenvalue weighted by molar-refractivity contribution is 5.45. The minimum Gasteiger partial charge on any atom is -0.497 e. The molecule has 2 heterocycles. The minimum absolute atomic E-state index is 0.176. The van der Waals surface area contributed by atoms with Crippen LogP contribution in [0.25, 0.3) is 0 Å². The molecule has 0 aromatic heterocycles. The average molecular weight is 292 g/mol. The Morgan fingerprint density at radius 2 is 2.10 bits per heavy atom. The molecule has 0 aliphatic carbocycles. The predicted molar refractivity (Wildman–Crippen MR) is 80.8 cm³/mol. The van der Waals surface area contributed by atoms with E-state index in [1.807, 2.05) is 12.1 Å². The molecule has 1 aromatic rings. The van der Waals surface area contributed by atoms with Gasteiger partial charge in [0.15, 0.2) is 0 Å². The number of morpholine rings is 1. The lowest BCUT2D eigenvalue weighted by Crippen LogP contribution is -2.55. The summed E-state index contributed by atoms with van der Waals surface area (Å²) in [5.41, 5.74) is 7.25. The molecule has 0 radical (unpaired) electrons. The topological polar surface area (TPSA) is 57.0 Å². The molecule has 1 unspecified atom stereocenters. The van der Waals surface area contributed by atoms with Crippen LogP contribution in [0.3, 0.4) is 0 Å². The first-order valence-corrected chi connectivity index (χ1v) is 7.64. The minimum atomic E-state index is -0.176. The first-order valence-electron chi connectivity index (χ1n) is 7.64. The maximum Gasteiger partial charge on any atom is 0.124 e. The Kier molecular flexibility index (Phi) is 4.33. The Hall–Kier alpha value is -1.30. The second-order valence-electron chi connectivity index (χ2n) is 5.65. The molecular weight excluding hydrogens is 268 g/mol. The normalized spacial score (nSPS) is 26.6. The number of hydrogen-bond acceptors (Lipinski definition) is 5. The summed E-state index contributed by atoms with van der Waals surface area (Å²) in [5, 5.41) is 0. The molecule has 5 heteroatoms. The number of hydrogen-bond donors (Lipinski definition) is 1. The van der Waals surface area contributed by atoms with Gasteiger partial charge in [0.05, 0.1) is 32.5 Å². The van der Waals surface area contributed by atoms with Crippen molar-refractivity contribution in [2.24, 2.45) is 5.73 Å². The van der Waals surface area contributed by atoms with E-state index >= 15 is 0 Å². The van der Waals surface area contributed by atoms with Crippen molar-refractivity contribution in [3.8, 4) is 11.5 Å². The van der Waals surface area contributed by atoms with Gasteiger partial charge < -0.3 is 19.9 Å². The number of ether oxygens (including phenoxy) is 3. The highest BCUT2D eigenvalue weighted by Crippen LogP contribution is 2.42. The molecule has 116 valence electrons. The molecule has 2 aliphatic heterocycles. The molecule has 2 N–H and O–H groups in total. The van der Waals surface area contributed by atoms with Gasteiger partial charge in [-0.1, -0.05) is 0 Å². The van der Waals surface area contributed by atoms with Crippen LogP contribution in [0.5, 0.6) is 11.5 Å². The molecular formula is C16H24N2O3. The SMILES string of the molecule is COc1ccc2c(c1)C(CN)(N1CCOCC1)CCCO2. The van der Waals surface area contributed by atoms with Crippen molar-refractivity contribution < 1.29 is 14.2 Å². The van der Waals surface area contributed by atoms with Gasteiger partial charge >= 0.3 is 0 Å². The number of nitrogens with zero attached hydrogens (tertiary/aromatic N) is 1. The second kappa shape index (κ2) is 6.22. The van der Waals surface area contributed by atoms with Crippen molar-refractivity contribution in [1.82, 2.24) is 4.90 Å². The Bertz CT molecular complexity index is 488. The predicted octanol–water partition coefficient (Wildman–Crippen LogP) is 1.35. The maximum atomic E-state index is 6.27. The zero-order valence-electron chi connectivity index (χ0n) is 12.6. The van der Waals surface area contributed by atoms with Crippen LogP contribution in [0.2, 0.25) is 0 Å². The van der Waals surface area contributed by atoms with E-state index in [1.165, 1.54) is 0 Å². The fourth-order valence-electron chi connectivity index (χ4n) is 3.47. The van der Waals surface area contributed by atoms with Crippen molar-refractivity contribution >= 4 is 0 Å². The van der Waals surface area contributed by atoms with E-state index in [4.69, 9.17) is 19.9 Å². The van der Waals surface area contributed by atoms with Crippen LogP contribution in [0.15, 0.2) is 18.2 Å². The quantitative estimate of drug-likeness (QED) is 0.911. The van der Waals surface area contributed by atoms with Gasteiger partial charge in [0.2, 0.25) is 0 Å². The fourth-order valence-corrected chi connectivity index (χ4v) is 3.47. The Balaban J connectivity index is 2.06. The standard InChI is InChI=1S/C16H24N2O3/c1-19-13-3-4-15-14(11-13)16(12-17,5-2-8-21-15)18-6-9-20-10-7-18/h3-4,11H,2,5-10,12,17H2,1H3. The summed E-state index contributed by atoms with van der Waals surface area (Å²) in [4.78, 5) is 2.46. The molecule has 1 saturated heterocycles. The van der Waals surface area contributed by atoms with Crippen molar-refractivity contribution in [2.45, 2.75) is 18.4 Å². The van der Waals surface area contributed by atoms with Gasteiger partial charge in [-0.05, 0) is 31.0 Å². The van der Waals surface area contributed by atoms with Gasteiger partial charge in [-0.25, -0.2) is 0 Å². The Morgan fingerprint density at radius 3 is 2.81 bits per heavy atom. The molecule has 5 nitrogen and oxygen atoms in total. The third-order valence-corrected chi connectivity index (χ3v) is 4.63. The highest BCUT2D eigenvalue weighted by atomic mass is 16.5. The number of fused-ring (bicyclic) bond motifs is 1. The third kappa shape index (κ3) is 2.61. The molecule has 2 aliphatic rings. The molecule has 0 bridgehead atoms. The summed E-state index contributed by atoms with van der Waals surface area (Å²) in [7, 11) is 1.69. The molecule has 1 aromatic carbocycles. The first kappa shape index (κ1) is 14.6. The Labute approximate surface area is 126 Å². The van der Waals surface area contributed by atoms with Gasteiger partial charge in [-0.3, -0.25) is 4.90 Å². The molecule has 0 amide bonds. The summed E-state index contributed by atoms with van der Waals surface area (Å²) < 4.78 is 16.8. The molecule has 3 rings (SSSR count). The lowest BCUT2D eigenvalue weighted by Gasteiger charge is -2.45. The van der Waals surface area contributed by atoms with Gasteiger partial charge in [-0.2, -0.15) is 0 Å². The van der Waals surface area contributed by atoms with Crippen LogP contribution in [0, 0.1) is 0 Å². The summed E-state index contributed by atoms with van der Waals surface area (Å²) in [5.74, 6) is 1.79. The molecule has 0 saturated carbocycles. The van der Waals surface area contributed by atoms with E-state index in [9.17, 15) is 0 Å². The molecule has 0 spiro atoms. The van der Waals surface area contributed by atoms with E-state index < -0.39 is 0 Å². The lowest BCUT2D eigenvalue weighted by molar-refractivity contribution is -0.0253. The summed E-state index contributed by atoms with van der Waals surface area (Å²) in [6.07, 6.45) is 2.01. The van der Waals surface area contributed by atoms with Crippen LogP contribution in [-0.2, 0) is 10.3 Å². The van der Waals surface area contributed by atoms with Crippen LogP contribution >= 0.6 is 0 Å². The van der Waals surface area contributed by atoms with Crippen molar-refractivity contribution in [3.63, 3.8) is 0 Å². The first-order chi connectivity index (χ1) is 10.3. The van der Waals surface area contributed by atoms with Crippen LogP contribution in [0.4, 0.5) is 0 Å². The maximum absolute atomic E-state index is 6.27. The summed E-state index contributed by atoms with van der Waals surface area (Å²) >= 11 is 0. The van der Waals surface area contributed by atoms with Gasteiger partial charge in [0, 0.05) is 25.2 Å². The van der Waals surface area contributed by atoms with Crippen molar-refractivity contribution in [1.29, 1.82) is 0 Å². The summed E-state index contributed by atoms with van der Waals surface area (Å²) in [6.45, 7) is 4.67. The van der Waals surface area contributed by atoms with E-state index in [0.29, 0.717) is 6.54 Å². The third-order valence-electron chi connectivity index (χ3n) is 4.63. The number of rotatable bonds is 3. The Morgan fingerprint density at radius 1 is 1.29 bits per heavy atom. The smallest absolute Gasteiger partial charge is 0.124 e. The van der Waals surface area contributed by atoms with E-state index in [0.717, 1.165) is 62.8 Å². The summed E-state index contributed by atoms with van der Waals surface area (Å²) in [6, 6.07) is 6.04. The second-order valence-corrected chi connectivity index (χ2v) is 5.65. The number of methoxy groups -OCH3 is 1. The highest BCUT2D eigenvalue weighted by Gasteiger charge is 2.41.